The molecule has 1 unspecified atom stereocenters. The maximum absolute atomic E-state index is 10.6. The van der Waals surface area contributed by atoms with Gasteiger partial charge in [-0.1, -0.05) is 35.9 Å². The predicted molar refractivity (Wildman–Crippen MR) is 82.3 cm³/mol. The van der Waals surface area contributed by atoms with E-state index in [1.807, 2.05) is 43.3 Å². The van der Waals surface area contributed by atoms with Gasteiger partial charge in [0.05, 0.1) is 13.2 Å². The third-order valence-corrected chi connectivity index (χ3v) is 4.12. The number of benzene rings is 2. The van der Waals surface area contributed by atoms with E-state index in [1.165, 1.54) is 0 Å². The first-order valence-electron chi connectivity index (χ1n) is 6.99. The van der Waals surface area contributed by atoms with Crippen LogP contribution in [0.1, 0.15) is 29.2 Å². The van der Waals surface area contributed by atoms with Gasteiger partial charge in [0.15, 0.2) is 11.5 Å². The van der Waals surface area contributed by atoms with Crippen LogP contribution in [0.2, 0.25) is 5.02 Å². The lowest BCUT2D eigenvalue weighted by atomic mass is 9.99. The number of hydrogen-bond acceptors (Lipinski definition) is 3. The summed E-state index contributed by atoms with van der Waals surface area (Å²) in [5.74, 6) is 1.40. The van der Waals surface area contributed by atoms with Crippen LogP contribution in [-0.4, -0.2) is 18.3 Å². The molecule has 0 saturated heterocycles. The minimum Gasteiger partial charge on any atom is -0.490 e. The number of rotatable bonds is 2. The number of ether oxygens (including phenoxy) is 2. The van der Waals surface area contributed by atoms with Crippen LogP contribution in [0.5, 0.6) is 11.5 Å². The number of fused-ring (bicyclic) bond motifs is 1. The highest BCUT2D eigenvalue weighted by atomic mass is 35.5. The Balaban J connectivity index is 1.96. The third-order valence-electron chi connectivity index (χ3n) is 3.60. The number of aliphatic hydroxyl groups excluding tert-OH is 1. The normalized spacial score (nSPS) is 15.4. The van der Waals surface area contributed by atoms with E-state index in [0.717, 1.165) is 23.3 Å². The van der Waals surface area contributed by atoms with Gasteiger partial charge in [-0.05, 0) is 30.2 Å². The molecule has 1 N–H and O–H groups in total. The quantitative estimate of drug-likeness (QED) is 0.915. The lowest BCUT2D eigenvalue weighted by Crippen LogP contribution is -2.02. The van der Waals surface area contributed by atoms with Crippen LogP contribution in [0.25, 0.3) is 0 Å². The largest absolute Gasteiger partial charge is 0.490 e. The molecule has 0 fully saturated rings. The Kier molecular flexibility index (Phi) is 4.04. The standard InChI is InChI=1S/C17H17ClO3/c1-11-4-2-5-13(16(11)18)17(19)12-6-7-14-15(10-12)21-9-3-8-20-14/h2,4-7,10,17,19H,3,8-9H2,1H3. The van der Waals surface area contributed by atoms with E-state index in [1.54, 1.807) is 0 Å². The molecular formula is C17H17ClO3. The van der Waals surface area contributed by atoms with Crippen molar-refractivity contribution in [2.24, 2.45) is 0 Å². The fourth-order valence-corrected chi connectivity index (χ4v) is 2.64. The van der Waals surface area contributed by atoms with Gasteiger partial charge in [-0.2, -0.15) is 0 Å². The average molecular weight is 305 g/mol. The van der Waals surface area contributed by atoms with Crippen LogP contribution in [-0.2, 0) is 0 Å². The predicted octanol–water partition coefficient (Wildman–Crippen LogP) is 3.89. The summed E-state index contributed by atoms with van der Waals surface area (Å²) in [6, 6.07) is 11.2. The summed E-state index contributed by atoms with van der Waals surface area (Å²) in [5, 5.41) is 11.2. The molecule has 0 radical (unpaired) electrons. The summed E-state index contributed by atoms with van der Waals surface area (Å²) in [7, 11) is 0. The number of aryl methyl sites for hydroxylation is 1. The Labute approximate surface area is 129 Å². The van der Waals surface area contributed by atoms with Crippen molar-refractivity contribution in [2.75, 3.05) is 13.2 Å². The zero-order chi connectivity index (χ0) is 14.8. The molecule has 1 aliphatic heterocycles. The minimum absolute atomic E-state index is 0.595. The van der Waals surface area contributed by atoms with E-state index in [2.05, 4.69) is 0 Å². The van der Waals surface area contributed by atoms with Crippen LogP contribution < -0.4 is 9.47 Å². The van der Waals surface area contributed by atoms with E-state index >= 15 is 0 Å². The smallest absolute Gasteiger partial charge is 0.161 e. The van der Waals surface area contributed by atoms with Gasteiger partial charge in [-0.25, -0.2) is 0 Å². The Bertz CT molecular complexity index is 654. The number of halogens is 1. The SMILES string of the molecule is Cc1cccc(C(O)c2ccc3c(c2)OCCCO3)c1Cl. The summed E-state index contributed by atoms with van der Waals surface area (Å²) in [4.78, 5) is 0. The highest BCUT2D eigenvalue weighted by Crippen LogP contribution is 2.36. The lowest BCUT2D eigenvalue weighted by Gasteiger charge is -2.16. The van der Waals surface area contributed by atoms with Gasteiger partial charge in [0.25, 0.3) is 0 Å². The summed E-state index contributed by atoms with van der Waals surface area (Å²) in [6.07, 6.45) is 0.0746. The highest BCUT2D eigenvalue weighted by Gasteiger charge is 2.18. The third kappa shape index (κ3) is 2.85. The van der Waals surface area contributed by atoms with Gasteiger partial charge in [-0.3, -0.25) is 0 Å². The molecule has 2 aromatic carbocycles. The van der Waals surface area contributed by atoms with Crippen molar-refractivity contribution in [1.82, 2.24) is 0 Å². The molecule has 4 heteroatoms. The molecule has 2 aromatic rings. The Morgan fingerprint density at radius 2 is 1.86 bits per heavy atom. The molecule has 0 spiro atoms. The van der Waals surface area contributed by atoms with Crippen molar-refractivity contribution in [3.63, 3.8) is 0 Å². The van der Waals surface area contributed by atoms with E-state index in [9.17, 15) is 5.11 Å². The monoisotopic (exact) mass is 304 g/mol. The number of aliphatic hydroxyl groups is 1. The maximum Gasteiger partial charge on any atom is 0.161 e. The van der Waals surface area contributed by atoms with Crippen molar-refractivity contribution in [3.8, 4) is 11.5 Å². The average Bonchev–Trinajstić information content (AvgIpc) is 2.74. The topological polar surface area (TPSA) is 38.7 Å². The van der Waals surface area contributed by atoms with Crippen LogP contribution in [0.3, 0.4) is 0 Å². The zero-order valence-electron chi connectivity index (χ0n) is 11.8. The zero-order valence-corrected chi connectivity index (χ0v) is 12.6. The summed E-state index contributed by atoms with van der Waals surface area (Å²) in [6.45, 7) is 3.20. The molecule has 0 aromatic heterocycles. The molecule has 0 saturated carbocycles. The van der Waals surface area contributed by atoms with E-state index in [-0.39, 0.29) is 0 Å². The van der Waals surface area contributed by atoms with Crippen molar-refractivity contribution in [2.45, 2.75) is 19.4 Å². The summed E-state index contributed by atoms with van der Waals surface area (Å²) >= 11 is 6.29. The lowest BCUT2D eigenvalue weighted by molar-refractivity contribution is 0.219. The summed E-state index contributed by atoms with van der Waals surface area (Å²) < 4.78 is 11.3. The second-order valence-corrected chi connectivity index (χ2v) is 5.52. The molecule has 0 amide bonds. The van der Waals surface area contributed by atoms with Crippen LogP contribution in [0, 0.1) is 6.92 Å². The van der Waals surface area contributed by atoms with E-state index in [0.29, 0.717) is 29.5 Å². The molecule has 1 atom stereocenters. The summed E-state index contributed by atoms with van der Waals surface area (Å²) in [5.41, 5.74) is 2.39. The number of hydrogen-bond donors (Lipinski definition) is 1. The van der Waals surface area contributed by atoms with E-state index < -0.39 is 6.10 Å². The molecule has 3 nitrogen and oxygen atoms in total. The maximum atomic E-state index is 10.6. The van der Waals surface area contributed by atoms with Gasteiger partial charge in [0, 0.05) is 17.0 Å². The van der Waals surface area contributed by atoms with Crippen LogP contribution in [0.15, 0.2) is 36.4 Å². The van der Waals surface area contributed by atoms with Crippen LogP contribution in [0.4, 0.5) is 0 Å². The van der Waals surface area contributed by atoms with Crippen LogP contribution >= 0.6 is 11.6 Å². The fourth-order valence-electron chi connectivity index (χ4n) is 2.41. The van der Waals surface area contributed by atoms with Gasteiger partial charge in [0.2, 0.25) is 0 Å². The fraction of sp³-hybridized carbons (Fsp3) is 0.294. The van der Waals surface area contributed by atoms with Crippen molar-refractivity contribution in [3.05, 3.63) is 58.1 Å². The first-order valence-corrected chi connectivity index (χ1v) is 7.37. The highest BCUT2D eigenvalue weighted by molar-refractivity contribution is 6.32. The van der Waals surface area contributed by atoms with Crippen molar-refractivity contribution < 1.29 is 14.6 Å². The minimum atomic E-state index is -0.783. The molecule has 21 heavy (non-hydrogen) atoms. The molecule has 3 rings (SSSR count). The Morgan fingerprint density at radius 1 is 1.10 bits per heavy atom. The first-order chi connectivity index (χ1) is 10.2. The molecule has 0 bridgehead atoms. The van der Waals surface area contributed by atoms with Gasteiger partial charge in [0.1, 0.15) is 6.10 Å². The first kappa shape index (κ1) is 14.2. The van der Waals surface area contributed by atoms with Gasteiger partial charge < -0.3 is 14.6 Å². The molecule has 1 aliphatic rings. The van der Waals surface area contributed by atoms with Gasteiger partial charge >= 0.3 is 0 Å². The van der Waals surface area contributed by atoms with Crippen molar-refractivity contribution >= 4 is 11.6 Å². The molecule has 110 valence electrons. The molecule has 0 aliphatic carbocycles. The molecular weight excluding hydrogens is 288 g/mol. The Morgan fingerprint density at radius 3 is 2.67 bits per heavy atom. The molecule has 1 heterocycles. The second-order valence-electron chi connectivity index (χ2n) is 5.14. The van der Waals surface area contributed by atoms with Gasteiger partial charge in [-0.15, -0.1) is 0 Å². The van der Waals surface area contributed by atoms with Crippen molar-refractivity contribution in [1.29, 1.82) is 0 Å². The Hall–Kier alpha value is -1.71. The second kappa shape index (κ2) is 5.96. The van der Waals surface area contributed by atoms with E-state index in [4.69, 9.17) is 21.1 Å².